The number of hydrogen-bond donors (Lipinski definition) is 0. The molecule has 2 aliphatic carbocycles. The van der Waals surface area contributed by atoms with Crippen molar-refractivity contribution in [2.24, 2.45) is 0 Å². The molecule has 0 fully saturated rings. The van der Waals surface area contributed by atoms with Crippen LogP contribution in [0.4, 0.5) is 68.2 Å². The molecule has 118 heavy (non-hydrogen) atoms. The highest BCUT2D eigenvalue weighted by atomic mass is 16.4. The quantitative estimate of drug-likeness (QED) is 0.107. The summed E-state index contributed by atoms with van der Waals surface area (Å²) >= 11 is 0. The van der Waals surface area contributed by atoms with Gasteiger partial charge in [-0.1, -0.05) is 203 Å². The first-order valence-electron chi connectivity index (χ1n) is 40.8. The normalized spacial score (nSPS) is 13.9. The zero-order valence-corrected chi connectivity index (χ0v) is 65.1. The largest absolute Gasteiger partial charge is 0.461 e. The van der Waals surface area contributed by atoms with Crippen LogP contribution in [0.2, 0.25) is 0 Å². The molecule has 1 atom stereocenters. The Labute approximate surface area is 682 Å². The number of aromatic nitrogens is 2. The standard InChI is InChI=1S/C108H76N6O4/c1-68(2)70-45-49-76(50-46-70)110(79-33-24-35-81(63-79)112-97-43-21-16-38-86(97)107(88-53-57-115-103(88)104-89(107)54-58-116-104)92-64-84-82-36-14-19-41-95(82)111(99(84)66-101(92)112)75-30-11-6-12-31-75)77-51-47-71(48-52-77)69(3)61-72-25-13-18-40-94(72)114-96-42-20-15-37-83(96)85-65-93-102(67-100(85)114)113(80-34-23-32-78(62-80)109(73-26-7-4-8-27-73)74-28-9-5-10-29-74)98-44-22-17-39-87(98)108(93)90-55-59-117-105(90)106-91(108)56-60-118-106/h4-60,62-69H,61H2,1-3H3. The topological polar surface area (TPSA) is 75.4 Å². The van der Waals surface area contributed by atoms with Gasteiger partial charge in [-0.15, -0.1) is 0 Å². The molecule has 0 bridgehead atoms. The number of para-hydroxylation sites is 8. The Balaban J connectivity index is 0.630. The van der Waals surface area contributed by atoms with Crippen LogP contribution in [0, 0.1) is 0 Å². The van der Waals surface area contributed by atoms with E-state index in [9.17, 15) is 0 Å². The van der Waals surface area contributed by atoms with Gasteiger partial charge < -0.3 is 46.4 Å². The molecule has 20 aromatic rings. The Morgan fingerprint density at radius 1 is 0.263 bits per heavy atom. The van der Waals surface area contributed by atoms with E-state index in [1.54, 1.807) is 0 Å². The first-order valence-corrected chi connectivity index (χ1v) is 40.8. The van der Waals surface area contributed by atoms with E-state index >= 15 is 0 Å². The van der Waals surface area contributed by atoms with Gasteiger partial charge in [-0.3, -0.25) is 0 Å². The number of anilines is 12. The van der Waals surface area contributed by atoms with Crippen LogP contribution in [0.5, 0.6) is 0 Å². The lowest BCUT2D eigenvalue weighted by Crippen LogP contribution is -2.36. The fourth-order valence-corrected chi connectivity index (χ4v) is 20.6. The summed E-state index contributed by atoms with van der Waals surface area (Å²) in [6, 6.07) is 132. The average molecular weight is 1520 g/mol. The molecule has 10 nitrogen and oxygen atoms in total. The molecule has 0 radical (unpaired) electrons. The molecule has 2 aliphatic heterocycles. The van der Waals surface area contributed by atoms with Crippen molar-refractivity contribution in [2.45, 2.75) is 49.9 Å². The third-order valence-corrected chi connectivity index (χ3v) is 25.7. The number of hydrogen-bond acceptors (Lipinski definition) is 8. The first-order chi connectivity index (χ1) is 58.3. The highest BCUT2D eigenvalue weighted by Crippen LogP contribution is 2.67. The SMILES string of the molecule is CC(C)c1ccc(N(c2ccc(C(C)Cc3ccccc3-n3c4ccccc4c4cc5c(cc43)N(c3cccc(N(c4ccccc4)c4ccccc4)c3)c3ccccc3C53c4ccoc4-c4occc43)cc2)c2cccc(N3c4ccccc4C4(c5cc6c7ccccc7n(-c7ccccc7)c6cc53)c3ccoc3-c3occc34)c2)cc1. The lowest BCUT2D eigenvalue weighted by molar-refractivity contribution is 0.525. The van der Waals surface area contributed by atoms with Crippen molar-refractivity contribution in [3.63, 3.8) is 0 Å². The summed E-state index contributed by atoms with van der Waals surface area (Å²) in [6.07, 6.45) is 8.07. The third kappa shape index (κ3) is 9.62. The van der Waals surface area contributed by atoms with Crippen molar-refractivity contribution in [1.82, 2.24) is 9.13 Å². The minimum Gasteiger partial charge on any atom is -0.461 e. The minimum atomic E-state index is -0.780. The van der Waals surface area contributed by atoms with E-state index in [-0.39, 0.29) is 5.92 Å². The molecule has 6 aromatic heterocycles. The van der Waals surface area contributed by atoms with Crippen LogP contribution in [0.3, 0.4) is 0 Å². The maximum Gasteiger partial charge on any atom is 0.174 e. The molecule has 0 amide bonds. The number of benzene rings is 14. The summed E-state index contributed by atoms with van der Waals surface area (Å²) in [6.45, 7) is 6.91. The molecular weight excluding hydrogens is 1450 g/mol. The summed E-state index contributed by atoms with van der Waals surface area (Å²) < 4.78 is 30.8. The van der Waals surface area contributed by atoms with E-state index < -0.39 is 10.8 Å². The molecular formula is C108H76N6O4. The van der Waals surface area contributed by atoms with Gasteiger partial charge in [0.1, 0.15) is 0 Å². The lowest BCUT2D eigenvalue weighted by Gasteiger charge is -2.44. The number of furan rings is 4. The molecule has 24 rings (SSSR count). The molecule has 4 aliphatic rings. The van der Waals surface area contributed by atoms with Crippen molar-refractivity contribution in [3.05, 3.63) is 444 Å². The first kappa shape index (κ1) is 67.5. The zero-order chi connectivity index (χ0) is 78.1. The average Bonchev–Trinajstić information content (AvgIpc) is 1.47. The molecule has 562 valence electrons. The van der Waals surface area contributed by atoms with E-state index in [2.05, 4.69) is 407 Å². The van der Waals surface area contributed by atoms with Gasteiger partial charge in [0, 0.05) is 101 Å². The van der Waals surface area contributed by atoms with Gasteiger partial charge in [0.15, 0.2) is 23.0 Å². The van der Waals surface area contributed by atoms with Crippen LogP contribution in [0.1, 0.15) is 93.8 Å². The smallest absolute Gasteiger partial charge is 0.174 e. The van der Waals surface area contributed by atoms with Crippen molar-refractivity contribution in [2.75, 3.05) is 19.6 Å². The highest BCUT2D eigenvalue weighted by Gasteiger charge is 2.57. The van der Waals surface area contributed by atoms with Crippen LogP contribution in [-0.2, 0) is 17.3 Å². The molecule has 0 saturated carbocycles. The Morgan fingerprint density at radius 2 is 0.636 bits per heavy atom. The molecule has 1 unspecified atom stereocenters. The molecule has 0 N–H and O–H groups in total. The Hall–Kier alpha value is -15.0. The second-order valence-electron chi connectivity index (χ2n) is 32.1. The lowest BCUT2D eigenvalue weighted by atomic mass is 9.65. The molecule has 10 heteroatoms. The molecule has 2 spiro atoms. The van der Waals surface area contributed by atoms with Crippen LogP contribution in [0.25, 0.3) is 78.0 Å². The van der Waals surface area contributed by atoms with Crippen molar-refractivity contribution in [1.29, 1.82) is 0 Å². The predicted molar refractivity (Wildman–Crippen MR) is 477 cm³/mol. The van der Waals surface area contributed by atoms with Gasteiger partial charge in [0.05, 0.1) is 80.7 Å². The molecule has 0 saturated heterocycles. The van der Waals surface area contributed by atoms with Crippen LogP contribution in [-0.4, -0.2) is 9.13 Å². The molecule has 14 aromatic carbocycles. The van der Waals surface area contributed by atoms with Crippen molar-refractivity contribution < 1.29 is 17.7 Å². The van der Waals surface area contributed by atoms with Gasteiger partial charge in [-0.05, 0) is 233 Å². The summed E-state index contributed by atoms with van der Waals surface area (Å²) in [7, 11) is 0. The van der Waals surface area contributed by atoms with Gasteiger partial charge in [0.2, 0.25) is 0 Å². The van der Waals surface area contributed by atoms with E-state index in [0.717, 1.165) is 181 Å². The second-order valence-corrected chi connectivity index (χ2v) is 32.1. The van der Waals surface area contributed by atoms with Crippen LogP contribution >= 0.6 is 0 Å². The van der Waals surface area contributed by atoms with Crippen LogP contribution < -0.4 is 19.6 Å². The summed E-state index contributed by atoms with van der Waals surface area (Å²) in [5, 5.41) is 4.68. The Kier molecular flexibility index (Phi) is 14.9. The van der Waals surface area contributed by atoms with E-state index in [0.29, 0.717) is 5.92 Å². The number of rotatable bonds is 14. The van der Waals surface area contributed by atoms with Gasteiger partial charge in [-0.25, -0.2) is 0 Å². The van der Waals surface area contributed by atoms with E-state index in [4.69, 9.17) is 17.7 Å². The maximum atomic E-state index is 6.48. The zero-order valence-electron chi connectivity index (χ0n) is 65.1. The highest BCUT2D eigenvalue weighted by molar-refractivity contribution is 6.14. The fraction of sp³-hybridized carbons (Fsp3) is 0.0741. The number of fused-ring (bicyclic) bond motifs is 24. The maximum absolute atomic E-state index is 6.48. The van der Waals surface area contributed by atoms with Crippen molar-refractivity contribution >= 4 is 112 Å². The van der Waals surface area contributed by atoms with Gasteiger partial charge >= 0.3 is 0 Å². The molecule has 8 heterocycles. The monoisotopic (exact) mass is 1520 g/mol. The predicted octanol–water partition coefficient (Wildman–Crippen LogP) is 29.0. The summed E-state index contributed by atoms with van der Waals surface area (Å²) in [5.41, 5.74) is 30.5. The minimum absolute atomic E-state index is 0.116. The second kappa shape index (κ2) is 26.0. The fourth-order valence-electron chi connectivity index (χ4n) is 20.6. The van der Waals surface area contributed by atoms with E-state index in [1.807, 2.05) is 25.1 Å². The third-order valence-electron chi connectivity index (χ3n) is 25.7. The Bertz CT molecular complexity index is 7260. The summed E-state index contributed by atoms with van der Waals surface area (Å²) in [5.74, 6) is 3.53. The summed E-state index contributed by atoms with van der Waals surface area (Å²) in [4.78, 5) is 9.77. The van der Waals surface area contributed by atoms with Gasteiger partial charge in [-0.2, -0.15) is 0 Å². The van der Waals surface area contributed by atoms with Gasteiger partial charge in [0.25, 0.3) is 0 Å². The van der Waals surface area contributed by atoms with Crippen molar-refractivity contribution in [3.8, 4) is 34.4 Å². The Morgan fingerprint density at radius 3 is 1.11 bits per heavy atom. The number of nitrogens with zero attached hydrogens (tertiary/aromatic N) is 6. The van der Waals surface area contributed by atoms with Crippen LogP contribution in [0.15, 0.2) is 401 Å². The van der Waals surface area contributed by atoms with E-state index in [1.165, 1.54) is 32.8 Å².